The van der Waals surface area contributed by atoms with E-state index in [1.807, 2.05) is 22.9 Å². The Bertz CT molecular complexity index is 622. The predicted molar refractivity (Wildman–Crippen MR) is 81.0 cm³/mol. The molecule has 5 nitrogen and oxygen atoms in total. The number of rotatable bonds is 4. The highest BCUT2D eigenvalue weighted by Crippen LogP contribution is 2.36. The van der Waals surface area contributed by atoms with Gasteiger partial charge in [-0.1, -0.05) is 32.0 Å². The highest BCUT2D eigenvalue weighted by Gasteiger charge is 2.35. The topological polar surface area (TPSA) is 66.0 Å². The average Bonchev–Trinajstić information content (AvgIpc) is 2.85. The molecule has 0 saturated carbocycles. The van der Waals surface area contributed by atoms with Crippen molar-refractivity contribution in [1.29, 1.82) is 0 Å². The Morgan fingerprint density at radius 2 is 2.19 bits per heavy atom. The van der Waals surface area contributed by atoms with Gasteiger partial charge in [0.05, 0.1) is 12.1 Å². The van der Waals surface area contributed by atoms with Gasteiger partial charge in [-0.15, -0.1) is 0 Å². The van der Waals surface area contributed by atoms with E-state index in [-0.39, 0.29) is 0 Å². The van der Waals surface area contributed by atoms with Crippen LogP contribution in [0, 0.1) is 5.92 Å². The summed E-state index contributed by atoms with van der Waals surface area (Å²) in [6, 6.07) is 8.02. The number of hydrogen-bond acceptors (Lipinski definition) is 4. The van der Waals surface area contributed by atoms with Gasteiger partial charge in [0.2, 0.25) is 0 Å². The highest BCUT2D eigenvalue weighted by atomic mass is 16.5. The van der Waals surface area contributed by atoms with Crippen LogP contribution in [-0.2, 0) is 18.5 Å². The summed E-state index contributed by atoms with van der Waals surface area (Å²) in [7, 11) is 0. The number of nitrogens with zero attached hydrogens (tertiary/aromatic N) is 3. The molecule has 1 aromatic carbocycles. The molecule has 0 radical (unpaired) electrons. The van der Waals surface area contributed by atoms with E-state index in [1.165, 1.54) is 0 Å². The van der Waals surface area contributed by atoms with Crippen molar-refractivity contribution in [2.24, 2.45) is 11.7 Å². The minimum absolute atomic E-state index is 0.434. The molecule has 1 aliphatic heterocycles. The van der Waals surface area contributed by atoms with E-state index in [0.717, 1.165) is 30.1 Å². The molecule has 21 heavy (non-hydrogen) atoms. The Kier molecular flexibility index (Phi) is 3.68. The summed E-state index contributed by atoms with van der Waals surface area (Å²) >= 11 is 0. The summed E-state index contributed by atoms with van der Waals surface area (Å²) < 4.78 is 7.68. The lowest BCUT2D eigenvalue weighted by Gasteiger charge is -2.35. The zero-order valence-corrected chi connectivity index (χ0v) is 12.6. The molecule has 1 aliphatic rings. The molecule has 112 valence electrons. The van der Waals surface area contributed by atoms with Crippen molar-refractivity contribution in [3.8, 4) is 5.75 Å². The second-order valence-corrected chi connectivity index (χ2v) is 6.18. The number of ether oxygens (including phenoxy) is 1. The minimum atomic E-state index is -0.434. The summed E-state index contributed by atoms with van der Waals surface area (Å²) in [5, 5.41) is 4.33. The van der Waals surface area contributed by atoms with E-state index in [9.17, 15) is 0 Å². The first-order chi connectivity index (χ1) is 10.1. The number of fused-ring (bicyclic) bond motifs is 1. The van der Waals surface area contributed by atoms with Crippen LogP contribution in [0.5, 0.6) is 5.75 Å². The minimum Gasteiger partial charge on any atom is -0.493 e. The fraction of sp³-hybridized carbons (Fsp3) is 0.500. The Hall–Kier alpha value is -1.88. The molecule has 0 bridgehead atoms. The van der Waals surface area contributed by atoms with Crippen LogP contribution in [0.15, 0.2) is 30.6 Å². The van der Waals surface area contributed by atoms with Gasteiger partial charge in [-0.2, -0.15) is 5.10 Å². The van der Waals surface area contributed by atoms with Crippen molar-refractivity contribution in [3.05, 3.63) is 42.0 Å². The van der Waals surface area contributed by atoms with Gasteiger partial charge in [0.25, 0.3) is 0 Å². The zero-order valence-electron chi connectivity index (χ0n) is 12.6. The van der Waals surface area contributed by atoms with Crippen molar-refractivity contribution >= 4 is 0 Å². The van der Waals surface area contributed by atoms with Crippen molar-refractivity contribution in [2.45, 2.75) is 38.8 Å². The Morgan fingerprint density at radius 1 is 1.38 bits per heavy atom. The van der Waals surface area contributed by atoms with Crippen molar-refractivity contribution in [3.63, 3.8) is 0 Å². The van der Waals surface area contributed by atoms with Crippen LogP contribution < -0.4 is 10.5 Å². The molecule has 2 N–H and O–H groups in total. The zero-order chi connectivity index (χ0) is 14.9. The number of hydrogen-bond donors (Lipinski definition) is 1. The van der Waals surface area contributed by atoms with Crippen molar-refractivity contribution in [1.82, 2.24) is 14.8 Å². The largest absolute Gasteiger partial charge is 0.493 e. The molecule has 0 saturated heterocycles. The molecule has 0 amide bonds. The van der Waals surface area contributed by atoms with Crippen LogP contribution in [-0.4, -0.2) is 21.4 Å². The van der Waals surface area contributed by atoms with Crippen LogP contribution in [0.3, 0.4) is 0 Å². The Morgan fingerprint density at radius 3 is 3.00 bits per heavy atom. The normalized spacial score (nSPS) is 21.1. The lowest BCUT2D eigenvalue weighted by atomic mass is 9.82. The van der Waals surface area contributed by atoms with E-state index < -0.39 is 5.54 Å². The first-order valence-corrected chi connectivity index (χ1v) is 7.46. The standard InChI is InChI=1S/C16H22N4O/c1-12(2)10-20-15(18-11-19-20)9-16(17)7-8-21-14-6-4-3-5-13(14)16/h3-6,11-12H,7-10,17H2,1-2H3. The van der Waals surface area contributed by atoms with Gasteiger partial charge in [0.1, 0.15) is 17.9 Å². The van der Waals surface area contributed by atoms with Crippen LogP contribution in [0.1, 0.15) is 31.7 Å². The van der Waals surface area contributed by atoms with E-state index in [1.54, 1.807) is 6.33 Å². The summed E-state index contributed by atoms with van der Waals surface area (Å²) in [5.41, 5.74) is 7.33. The Labute approximate surface area is 125 Å². The molecule has 5 heteroatoms. The smallest absolute Gasteiger partial charge is 0.138 e. The van der Waals surface area contributed by atoms with Gasteiger partial charge in [0.15, 0.2) is 0 Å². The van der Waals surface area contributed by atoms with E-state index in [0.29, 0.717) is 18.9 Å². The number of nitrogens with two attached hydrogens (primary N) is 1. The van der Waals surface area contributed by atoms with Crippen LogP contribution in [0.25, 0.3) is 0 Å². The van der Waals surface area contributed by atoms with E-state index in [4.69, 9.17) is 10.5 Å². The van der Waals surface area contributed by atoms with Gasteiger partial charge in [-0.25, -0.2) is 9.67 Å². The first-order valence-electron chi connectivity index (χ1n) is 7.46. The fourth-order valence-electron chi connectivity index (χ4n) is 2.87. The SMILES string of the molecule is CC(C)Cn1ncnc1CC1(N)CCOc2ccccc21. The maximum atomic E-state index is 6.70. The molecule has 0 aliphatic carbocycles. The quantitative estimate of drug-likeness (QED) is 0.935. The van der Waals surface area contributed by atoms with Gasteiger partial charge < -0.3 is 10.5 Å². The molecule has 0 spiro atoms. The number of benzene rings is 1. The number of aromatic nitrogens is 3. The van der Waals surface area contributed by atoms with Gasteiger partial charge in [0, 0.05) is 24.9 Å². The van der Waals surface area contributed by atoms with Gasteiger partial charge in [-0.3, -0.25) is 0 Å². The molecule has 1 unspecified atom stereocenters. The molecule has 1 atom stereocenters. The lowest BCUT2D eigenvalue weighted by Crippen LogP contribution is -2.44. The molecule has 2 aromatic rings. The third kappa shape index (κ3) is 2.78. The average molecular weight is 286 g/mol. The van der Waals surface area contributed by atoms with Gasteiger partial charge in [-0.05, 0) is 12.0 Å². The Balaban J connectivity index is 1.90. The highest BCUT2D eigenvalue weighted by molar-refractivity contribution is 5.41. The molecule has 0 fully saturated rings. The predicted octanol–water partition coefficient (Wildman–Crippen LogP) is 2.11. The summed E-state index contributed by atoms with van der Waals surface area (Å²) in [4.78, 5) is 4.41. The molecule has 2 heterocycles. The maximum Gasteiger partial charge on any atom is 0.138 e. The first kappa shape index (κ1) is 14.1. The van der Waals surface area contributed by atoms with Crippen molar-refractivity contribution < 1.29 is 4.74 Å². The third-order valence-electron chi connectivity index (χ3n) is 3.94. The number of para-hydroxylation sites is 1. The molecular weight excluding hydrogens is 264 g/mol. The van der Waals surface area contributed by atoms with Crippen LogP contribution >= 0.6 is 0 Å². The lowest BCUT2D eigenvalue weighted by molar-refractivity contribution is 0.212. The fourth-order valence-corrected chi connectivity index (χ4v) is 2.87. The summed E-state index contributed by atoms with van der Waals surface area (Å²) in [6.07, 6.45) is 3.09. The van der Waals surface area contributed by atoms with E-state index >= 15 is 0 Å². The second kappa shape index (κ2) is 5.48. The van der Waals surface area contributed by atoms with Gasteiger partial charge >= 0.3 is 0 Å². The van der Waals surface area contributed by atoms with E-state index in [2.05, 4.69) is 30.0 Å². The third-order valence-corrected chi connectivity index (χ3v) is 3.94. The summed E-state index contributed by atoms with van der Waals surface area (Å²) in [5.74, 6) is 2.37. The second-order valence-electron chi connectivity index (χ2n) is 6.18. The maximum absolute atomic E-state index is 6.70. The molecule has 1 aromatic heterocycles. The molecule has 3 rings (SSSR count). The summed E-state index contributed by atoms with van der Waals surface area (Å²) in [6.45, 7) is 5.86. The van der Waals surface area contributed by atoms with Crippen molar-refractivity contribution in [2.75, 3.05) is 6.61 Å². The van der Waals surface area contributed by atoms with Crippen LogP contribution in [0.4, 0.5) is 0 Å². The monoisotopic (exact) mass is 286 g/mol. The molecular formula is C16H22N4O. The van der Waals surface area contributed by atoms with Crippen LogP contribution in [0.2, 0.25) is 0 Å².